The summed E-state index contributed by atoms with van der Waals surface area (Å²) < 4.78 is 26.0. The van der Waals surface area contributed by atoms with Crippen molar-refractivity contribution >= 4 is 5.97 Å². The van der Waals surface area contributed by atoms with Crippen LogP contribution in [-0.2, 0) is 0 Å². The van der Waals surface area contributed by atoms with E-state index in [1.165, 1.54) is 12.3 Å². The van der Waals surface area contributed by atoms with Crippen molar-refractivity contribution in [2.75, 3.05) is 0 Å². The van der Waals surface area contributed by atoms with Gasteiger partial charge in [0.2, 0.25) is 0 Å². The normalized spacial score (nSPS) is 24.3. The van der Waals surface area contributed by atoms with Crippen molar-refractivity contribution < 1.29 is 18.7 Å². The van der Waals surface area contributed by atoms with Crippen molar-refractivity contribution in [1.29, 1.82) is 0 Å². The maximum absolute atomic E-state index is 12.5. The molecular weight excluding hydrogens is 182 g/mol. The minimum absolute atomic E-state index is 0.192. The average Bonchev–Trinajstić information content (AvgIpc) is 2.49. The topological polar surface area (TPSA) is 55.1 Å². The van der Waals surface area contributed by atoms with Gasteiger partial charge in [0.05, 0.1) is 0 Å². The van der Waals surface area contributed by atoms with Gasteiger partial charge in [-0.1, -0.05) is 0 Å². The zero-order chi connectivity index (χ0) is 9.64. The van der Waals surface area contributed by atoms with Gasteiger partial charge in [-0.15, -0.1) is 0 Å². The van der Waals surface area contributed by atoms with Gasteiger partial charge >= 0.3 is 5.97 Å². The summed E-state index contributed by atoms with van der Waals surface area (Å²) in [6.45, 7) is 0. The maximum atomic E-state index is 12.5. The number of carbonyl (C=O) groups is 1. The molecular formula is C7H6F2N2O2. The van der Waals surface area contributed by atoms with E-state index >= 15 is 0 Å². The summed E-state index contributed by atoms with van der Waals surface area (Å²) in [5, 5.41) is 12.1. The summed E-state index contributed by atoms with van der Waals surface area (Å²) in [7, 11) is 0. The van der Waals surface area contributed by atoms with Gasteiger partial charge in [-0.25, -0.2) is 18.3 Å². The van der Waals surface area contributed by atoms with Crippen LogP contribution in [0.1, 0.15) is 23.0 Å². The van der Waals surface area contributed by atoms with Crippen LogP contribution in [0.5, 0.6) is 0 Å². The summed E-state index contributed by atoms with van der Waals surface area (Å²) in [6, 6.07) is 0.130. The molecule has 4 nitrogen and oxygen atoms in total. The molecule has 1 unspecified atom stereocenters. The van der Waals surface area contributed by atoms with E-state index in [9.17, 15) is 13.6 Å². The molecule has 0 saturated heterocycles. The van der Waals surface area contributed by atoms with E-state index in [-0.39, 0.29) is 12.1 Å². The molecule has 1 N–H and O–H groups in total. The van der Waals surface area contributed by atoms with Crippen LogP contribution in [-0.4, -0.2) is 26.8 Å². The van der Waals surface area contributed by atoms with E-state index in [4.69, 9.17) is 5.11 Å². The number of halogens is 2. The van der Waals surface area contributed by atoms with Crippen LogP contribution in [0.2, 0.25) is 0 Å². The second-order valence-electron chi connectivity index (χ2n) is 2.95. The number of hydrogen-bond donors (Lipinski definition) is 1. The molecule has 1 aromatic rings. The Hall–Kier alpha value is -1.46. The molecule has 0 amide bonds. The summed E-state index contributed by atoms with van der Waals surface area (Å²) in [4.78, 5) is 10.5. The van der Waals surface area contributed by atoms with Crippen molar-refractivity contribution in [2.45, 2.75) is 18.4 Å². The van der Waals surface area contributed by atoms with Crippen LogP contribution in [0.4, 0.5) is 8.78 Å². The molecule has 1 aliphatic rings. The monoisotopic (exact) mass is 188 g/mol. The third kappa shape index (κ3) is 1.18. The molecule has 1 aliphatic carbocycles. The quantitative estimate of drug-likeness (QED) is 0.757. The van der Waals surface area contributed by atoms with Crippen LogP contribution in [0, 0.1) is 0 Å². The Bertz CT molecular complexity index is 361. The van der Waals surface area contributed by atoms with E-state index in [1.807, 2.05) is 0 Å². The van der Waals surface area contributed by atoms with Gasteiger partial charge in [0.15, 0.2) is 0 Å². The zero-order valence-electron chi connectivity index (χ0n) is 6.44. The number of aromatic nitrogens is 2. The molecule has 1 atom stereocenters. The number of carboxylic acids is 1. The van der Waals surface area contributed by atoms with Crippen LogP contribution in [0.25, 0.3) is 0 Å². The number of hydrogen-bond acceptors (Lipinski definition) is 2. The predicted octanol–water partition coefficient (Wildman–Crippen LogP) is 1.16. The Morgan fingerprint density at radius 1 is 1.77 bits per heavy atom. The molecule has 2 rings (SSSR count). The van der Waals surface area contributed by atoms with Crippen molar-refractivity contribution in [2.24, 2.45) is 0 Å². The van der Waals surface area contributed by atoms with Crippen LogP contribution in [0.3, 0.4) is 0 Å². The first-order valence-electron chi connectivity index (χ1n) is 3.67. The van der Waals surface area contributed by atoms with E-state index in [2.05, 4.69) is 5.10 Å². The van der Waals surface area contributed by atoms with Crippen LogP contribution < -0.4 is 0 Å². The maximum Gasteiger partial charge on any atom is 0.354 e. The molecule has 0 aromatic carbocycles. The minimum Gasteiger partial charge on any atom is -0.477 e. The van der Waals surface area contributed by atoms with Gasteiger partial charge in [0.1, 0.15) is 11.7 Å². The molecule has 1 heterocycles. The van der Waals surface area contributed by atoms with Gasteiger partial charge in [0, 0.05) is 12.6 Å². The first-order chi connectivity index (χ1) is 6.02. The number of rotatable bonds is 2. The average molecular weight is 188 g/mol. The van der Waals surface area contributed by atoms with Gasteiger partial charge in [-0.3, -0.25) is 0 Å². The fourth-order valence-corrected chi connectivity index (χ4v) is 1.20. The Morgan fingerprint density at radius 3 is 2.85 bits per heavy atom. The Kier molecular flexibility index (Phi) is 1.43. The van der Waals surface area contributed by atoms with E-state index in [0.29, 0.717) is 0 Å². The summed E-state index contributed by atoms with van der Waals surface area (Å²) in [5.41, 5.74) is -0.192. The number of nitrogens with zero attached hydrogens (tertiary/aromatic N) is 2. The molecule has 0 bridgehead atoms. The lowest BCUT2D eigenvalue weighted by atomic mass is 10.4. The second kappa shape index (κ2) is 2.27. The van der Waals surface area contributed by atoms with Gasteiger partial charge in [0.25, 0.3) is 5.92 Å². The van der Waals surface area contributed by atoms with Crippen LogP contribution >= 0.6 is 0 Å². The predicted molar refractivity (Wildman–Crippen MR) is 37.8 cm³/mol. The molecule has 0 spiro atoms. The van der Waals surface area contributed by atoms with Gasteiger partial charge < -0.3 is 5.11 Å². The molecule has 0 aliphatic heterocycles. The minimum atomic E-state index is -2.80. The fraction of sp³-hybridized carbons (Fsp3) is 0.429. The van der Waals surface area contributed by atoms with Crippen molar-refractivity contribution in [3.8, 4) is 0 Å². The lowest BCUT2D eigenvalue weighted by molar-refractivity contribution is 0.0672. The fourth-order valence-electron chi connectivity index (χ4n) is 1.20. The van der Waals surface area contributed by atoms with E-state index in [0.717, 1.165) is 4.68 Å². The summed E-state index contributed by atoms with van der Waals surface area (Å²) in [6.07, 6.45) is 0.882. The highest BCUT2D eigenvalue weighted by atomic mass is 19.3. The first kappa shape index (κ1) is 8.15. The molecule has 70 valence electrons. The molecule has 1 saturated carbocycles. The molecule has 0 radical (unpaired) electrons. The smallest absolute Gasteiger partial charge is 0.354 e. The van der Waals surface area contributed by atoms with Crippen molar-refractivity contribution in [3.05, 3.63) is 18.0 Å². The first-order valence-corrected chi connectivity index (χ1v) is 3.67. The van der Waals surface area contributed by atoms with Crippen molar-refractivity contribution in [1.82, 2.24) is 9.78 Å². The lowest BCUT2D eigenvalue weighted by Crippen LogP contribution is -2.11. The summed E-state index contributed by atoms with van der Waals surface area (Å²) in [5.74, 6) is -4.03. The largest absolute Gasteiger partial charge is 0.477 e. The number of alkyl halides is 2. The standard InChI is InChI=1S/C7H6F2N2O2/c8-7(9)3-5(7)11-4(6(12)13)1-2-10-11/h1-2,5H,3H2,(H,12,13). The molecule has 1 aromatic heterocycles. The highest BCUT2D eigenvalue weighted by Gasteiger charge is 2.59. The highest BCUT2D eigenvalue weighted by molar-refractivity contribution is 5.85. The van der Waals surface area contributed by atoms with Crippen molar-refractivity contribution in [3.63, 3.8) is 0 Å². The second-order valence-corrected chi connectivity index (χ2v) is 2.95. The molecule has 1 fully saturated rings. The third-order valence-electron chi connectivity index (χ3n) is 1.98. The Labute approximate surface area is 71.8 Å². The number of aromatic carboxylic acids is 1. The van der Waals surface area contributed by atoms with E-state index < -0.39 is 17.9 Å². The molecule has 6 heteroatoms. The van der Waals surface area contributed by atoms with E-state index in [1.54, 1.807) is 0 Å². The van der Waals surface area contributed by atoms with Crippen LogP contribution in [0.15, 0.2) is 12.3 Å². The zero-order valence-corrected chi connectivity index (χ0v) is 6.44. The SMILES string of the molecule is O=C(O)c1ccnn1C1CC1(F)F. The Balaban J connectivity index is 2.32. The Morgan fingerprint density at radius 2 is 2.38 bits per heavy atom. The highest BCUT2D eigenvalue weighted by Crippen LogP contribution is 2.52. The van der Waals surface area contributed by atoms with Gasteiger partial charge in [-0.05, 0) is 6.07 Å². The summed E-state index contributed by atoms with van der Waals surface area (Å²) >= 11 is 0. The lowest BCUT2D eigenvalue weighted by Gasteiger charge is -2.01. The third-order valence-corrected chi connectivity index (χ3v) is 1.98. The molecule has 13 heavy (non-hydrogen) atoms. The van der Waals surface area contributed by atoms with Gasteiger partial charge in [-0.2, -0.15) is 5.10 Å². The number of carboxylic acid groups (broad SMARTS) is 1.